The number of anilines is 1. The number of benzene rings is 1. The molecule has 2 aromatic heterocycles. The maximum Gasteiger partial charge on any atom is 0.299 e. The third-order valence-electron chi connectivity index (χ3n) is 3.19. The van der Waals surface area contributed by atoms with Crippen molar-refractivity contribution in [1.29, 1.82) is 0 Å². The van der Waals surface area contributed by atoms with Gasteiger partial charge in [0.2, 0.25) is 5.88 Å². The molecule has 5 nitrogen and oxygen atoms in total. The lowest BCUT2D eigenvalue weighted by molar-refractivity contribution is -0.120. The minimum absolute atomic E-state index is 0.0894. The second-order valence-corrected chi connectivity index (χ2v) is 4.48. The molecule has 112 valence electrons. The number of halogens is 2. The second kappa shape index (κ2) is 5.80. The lowest BCUT2D eigenvalue weighted by Crippen LogP contribution is -2.08. The fraction of sp³-hybridized carbons (Fsp3) is 0.0667. The van der Waals surface area contributed by atoms with Gasteiger partial charge in [-0.2, -0.15) is 0 Å². The van der Waals surface area contributed by atoms with Crippen molar-refractivity contribution in [1.82, 2.24) is 9.38 Å². The first-order chi connectivity index (χ1) is 10.7. The van der Waals surface area contributed by atoms with E-state index in [4.69, 9.17) is 4.74 Å². The monoisotopic (exact) mass is 303 g/mol. The molecule has 0 spiro atoms. The summed E-state index contributed by atoms with van der Waals surface area (Å²) in [5.74, 6) is -1.09. The molecule has 1 aromatic carbocycles. The molecule has 0 amide bonds. The van der Waals surface area contributed by atoms with Crippen LogP contribution in [0.5, 0.6) is 5.88 Å². The molecule has 0 unspecified atom stereocenters. The third kappa shape index (κ3) is 2.48. The maximum atomic E-state index is 13.6. The highest BCUT2D eigenvalue weighted by atomic mass is 19.1. The maximum absolute atomic E-state index is 13.6. The standard InChI is InChI=1S/C15H11F2N3O2/c16-11-2-1-3-12(17)10(11)8-19-13-4-5-14-18-6-7-20(14)15(13)22-9-21/h1-7,9,19H,8H2. The summed E-state index contributed by atoms with van der Waals surface area (Å²) in [5, 5.41) is 2.87. The highest BCUT2D eigenvalue weighted by molar-refractivity contribution is 5.63. The number of imidazole rings is 1. The summed E-state index contributed by atoms with van der Waals surface area (Å²) in [4.78, 5) is 14.7. The molecule has 0 aliphatic heterocycles. The van der Waals surface area contributed by atoms with Crippen molar-refractivity contribution in [3.8, 4) is 5.88 Å². The molecule has 0 saturated heterocycles. The van der Waals surface area contributed by atoms with Gasteiger partial charge in [-0.15, -0.1) is 0 Å². The molecule has 0 bridgehead atoms. The number of hydrogen-bond acceptors (Lipinski definition) is 4. The Morgan fingerprint density at radius 1 is 1.23 bits per heavy atom. The lowest BCUT2D eigenvalue weighted by Gasteiger charge is -2.12. The summed E-state index contributed by atoms with van der Waals surface area (Å²) in [6, 6.07) is 6.98. The molecule has 7 heteroatoms. The summed E-state index contributed by atoms with van der Waals surface area (Å²) >= 11 is 0. The van der Waals surface area contributed by atoms with E-state index in [0.717, 1.165) is 0 Å². The smallest absolute Gasteiger partial charge is 0.299 e. The Bertz CT molecular complexity index is 813. The van der Waals surface area contributed by atoms with Gasteiger partial charge in [-0.05, 0) is 24.3 Å². The number of carbonyl (C=O) groups excluding carboxylic acids is 1. The average molecular weight is 303 g/mol. The molecule has 0 saturated carbocycles. The van der Waals surface area contributed by atoms with Crippen LogP contribution in [0, 0.1) is 11.6 Å². The van der Waals surface area contributed by atoms with E-state index in [1.165, 1.54) is 18.2 Å². The minimum Gasteiger partial charge on any atom is -0.409 e. The zero-order valence-corrected chi connectivity index (χ0v) is 11.3. The number of carbonyl (C=O) groups is 1. The zero-order valence-electron chi connectivity index (χ0n) is 11.3. The molecule has 22 heavy (non-hydrogen) atoms. The number of ether oxygens (including phenoxy) is 1. The molecule has 0 atom stereocenters. The molecular weight excluding hydrogens is 292 g/mol. The van der Waals surface area contributed by atoms with Gasteiger partial charge in [-0.3, -0.25) is 9.20 Å². The van der Waals surface area contributed by atoms with Crippen LogP contribution in [0.4, 0.5) is 14.5 Å². The molecule has 0 radical (unpaired) electrons. The summed E-state index contributed by atoms with van der Waals surface area (Å²) in [6.07, 6.45) is 3.16. The van der Waals surface area contributed by atoms with Crippen LogP contribution in [0.15, 0.2) is 42.7 Å². The van der Waals surface area contributed by atoms with Gasteiger partial charge in [0.1, 0.15) is 17.3 Å². The van der Waals surface area contributed by atoms with Crippen molar-refractivity contribution >= 4 is 17.8 Å². The number of pyridine rings is 1. The fourth-order valence-electron chi connectivity index (χ4n) is 2.15. The Labute approximate surface area is 124 Å². The summed E-state index contributed by atoms with van der Waals surface area (Å²) in [5.41, 5.74) is 0.907. The third-order valence-corrected chi connectivity index (χ3v) is 3.19. The van der Waals surface area contributed by atoms with Crippen molar-refractivity contribution in [3.05, 3.63) is 59.9 Å². The first kappa shape index (κ1) is 14.0. The number of nitrogens with zero attached hydrogens (tertiary/aromatic N) is 2. The summed E-state index contributed by atoms with van der Waals surface area (Å²) < 4.78 is 33.7. The Balaban J connectivity index is 1.93. The van der Waals surface area contributed by atoms with Crippen molar-refractivity contribution < 1.29 is 18.3 Å². The minimum atomic E-state index is -0.644. The summed E-state index contributed by atoms with van der Waals surface area (Å²) in [6.45, 7) is 0.192. The van der Waals surface area contributed by atoms with Crippen LogP contribution < -0.4 is 10.1 Å². The number of hydrogen-bond donors (Lipinski definition) is 1. The van der Waals surface area contributed by atoms with Gasteiger partial charge >= 0.3 is 0 Å². The Kier molecular flexibility index (Phi) is 3.69. The molecular formula is C15H11F2N3O2. The molecule has 1 N–H and O–H groups in total. The Hall–Kier alpha value is -2.96. The number of aromatic nitrogens is 2. The second-order valence-electron chi connectivity index (χ2n) is 4.48. The van der Waals surface area contributed by atoms with Crippen LogP contribution in [-0.4, -0.2) is 15.9 Å². The average Bonchev–Trinajstić information content (AvgIpc) is 2.97. The van der Waals surface area contributed by atoms with E-state index in [9.17, 15) is 13.6 Å². The van der Waals surface area contributed by atoms with Crippen molar-refractivity contribution in [2.24, 2.45) is 0 Å². The van der Waals surface area contributed by atoms with E-state index in [1.807, 2.05) is 0 Å². The van der Waals surface area contributed by atoms with Gasteiger partial charge in [-0.25, -0.2) is 13.8 Å². The molecule has 0 aliphatic carbocycles. The first-order valence-corrected chi connectivity index (χ1v) is 6.44. The van der Waals surface area contributed by atoms with E-state index in [2.05, 4.69) is 10.3 Å². The quantitative estimate of drug-likeness (QED) is 0.736. The number of rotatable bonds is 5. The Morgan fingerprint density at radius 2 is 2.00 bits per heavy atom. The molecule has 3 aromatic rings. The van der Waals surface area contributed by atoms with E-state index in [0.29, 0.717) is 11.3 Å². The largest absolute Gasteiger partial charge is 0.409 e. The zero-order chi connectivity index (χ0) is 15.5. The van der Waals surface area contributed by atoms with E-state index >= 15 is 0 Å². The van der Waals surface area contributed by atoms with E-state index in [1.54, 1.807) is 28.9 Å². The molecule has 3 rings (SSSR count). The van der Waals surface area contributed by atoms with Crippen molar-refractivity contribution in [2.45, 2.75) is 6.54 Å². The predicted octanol–water partition coefficient (Wildman–Crippen LogP) is 2.76. The SMILES string of the molecule is O=COc1c(NCc2c(F)cccc2F)ccc2nccn12. The van der Waals surface area contributed by atoms with Gasteiger partial charge in [0.25, 0.3) is 6.47 Å². The van der Waals surface area contributed by atoms with Crippen LogP contribution in [0.25, 0.3) is 5.65 Å². The van der Waals surface area contributed by atoms with Gasteiger partial charge in [-0.1, -0.05) is 6.07 Å². The summed E-state index contributed by atoms with van der Waals surface area (Å²) in [7, 11) is 0. The molecule has 0 aliphatic rings. The topological polar surface area (TPSA) is 55.6 Å². The van der Waals surface area contributed by atoms with Gasteiger partial charge in [0, 0.05) is 24.5 Å². The van der Waals surface area contributed by atoms with E-state index < -0.39 is 11.6 Å². The number of fused-ring (bicyclic) bond motifs is 1. The van der Waals surface area contributed by atoms with Crippen LogP contribution in [0.1, 0.15) is 5.56 Å². The number of nitrogens with one attached hydrogen (secondary N) is 1. The van der Waals surface area contributed by atoms with Crippen LogP contribution in [0.2, 0.25) is 0 Å². The van der Waals surface area contributed by atoms with Crippen LogP contribution in [-0.2, 0) is 11.3 Å². The van der Waals surface area contributed by atoms with Crippen LogP contribution in [0.3, 0.4) is 0 Å². The lowest BCUT2D eigenvalue weighted by atomic mass is 10.2. The van der Waals surface area contributed by atoms with Gasteiger partial charge in [0.15, 0.2) is 0 Å². The molecule has 0 fully saturated rings. The Morgan fingerprint density at radius 3 is 2.73 bits per heavy atom. The molecule has 2 heterocycles. The highest BCUT2D eigenvalue weighted by Gasteiger charge is 2.12. The van der Waals surface area contributed by atoms with E-state index in [-0.39, 0.29) is 24.5 Å². The van der Waals surface area contributed by atoms with Gasteiger partial charge < -0.3 is 10.1 Å². The normalized spacial score (nSPS) is 10.6. The van der Waals surface area contributed by atoms with Crippen LogP contribution >= 0.6 is 0 Å². The van der Waals surface area contributed by atoms with Gasteiger partial charge in [0.05, 0.1) is 5.69 Å². The predicted molar refractivity (Wildman–Crippen MR) is 75.6 cm³/mol. The highest BCUT2D eigenvalue weighted by Crippen LogP contribution is 2.26. The van der Waals surface area contributed by atoms with Crippen molar-refractivity contribution in [3.63, 3.8) is 0 Å². The van der Waals surface area contributed by atoms with Crippen molar-refractivity contribution in [2.75, 3.05) is 5.32 Å². The first-order valence-electron chi connectivity index (χ1n) is 6.44. The fourth-order valence-corrected chi connectivity index (χ4v) is 2.15.